The van der Waals surface area contributed by atoms with Crippen LogP contribution in [-0.4, -0.2) is 6.88 Å². The van der Waals surface area contributed by atoms with Crippen molar-refractivity contribution < 1.29 is 42.2 Å². The quantitative estimate of drug-likeness (QED) is 0.126. The molecule has 0 radical (unpaired) electrons. The van der Waals surface area contributed by atoms with Gasteiger partial charge in [0.15, 0.2) is 0 Å². The summed E-state index contributed by atoms with van der Waals surface area (Å²) in [4.78, 5) is 0. The van der Waals surface area contributed by atoms with Crippen molar-refractivity contribution in [1.29, 1.82) is 0 Å². The van der Waals surface area contributed by atoms with E-state index in [9.17, 15) is 0 Å². The summed E-state index contributed by atoms with van der Waals surface area (Å²) in [5, 5.41) is 10.5. The van der Waals surface area contributed by atoms with Crippen LogP contribution in [0.2, 0.25) is 9.26 Å². The van der Waals surface area contributed by atoms with Crippen molar-refractivity contribution in [2.45, 2.75) is 44.2 Å². The number of hydrogen-bond donors (Lipinski definition) is 0. The molecule has 2 atom stereocenters. The molecular formula is C52H46Cl2SiZr. The molecule has 4 heteroatoms. The van der Waals surface area contributed by atoms with Gasteiger partial charge in [0.1, 0.15) is 0 Å². The van der Waals surface area contributed by atoms with Crippen LogP contribution in [0.5, 0.6) is 0 Å². The van der Waals surface area contributed by atoms with Gasteiger partial charge < -0.3 is 24.8 Å². The Labute approximate surface area is 346 Å². The largest absolute Gasteiger partial charge is 1.00 e. The van der Waals surface area contributed by atoms with E-state index in [0.717, 1.165) is 0 Å². The van der Waals surface area contributed by atoms with Crippen LogP contribution < -0.4 is 24.8 Å². The smallest absolute Gasteiger partial charge is 1.00 e. The molecule has 0 aliphatic heterocycles. The van der Waals surface area contributed by atoms with Crippen LogP contribution in [-0.2, 0) is 17.4 Å². The van der Waals surface area contributed by atoms with Gasteiger partial charge in [0.25, 0.3) is 0 Å². The third-order valence-electron chi connectivity index (χ3n) is 13.2. The zero-order chi connectivity index (χ0) is 37.1. The zero-order valence-corrected chi connectivity index (χ0v) is 38.4. The molecular weight excluding hydrogens is 815 g/mol. The van der Waals surface area contributed by atoms with Crippen LogP contribution in [0.15, 0.2) is 157 Å². The van der Waals surface area contributed by atoms with Gasteiger partial charge in [-0.15, -0.1) is 0 Å². The molecule has 0 fully saturated rings. The van der Waals surface area contributed by atoms with Gasteiger partial charge in [-0.2, -0.15) is 0 Å². The number of allylic oxidation sites excluding steroid dienone is 2. The molecule has 0 spiro atoms. The minimum Gasteiger partial charge on any atom is -1.00 e. The van der Waals surface area contributed by atoms with Crippen LogP contribution in [0.4, 0.5) is 0 Å². The normalized spacial score (nSPS) is 16.2. The van der Waals surface area contributed by atoms with E-state index < -0.39 is 17.4 Å². The maximum atomic E-state index is 2.79. The predicted octanol–water partition coefficient (Wildman–Crippen LogP) is 7.71. The van der Waals surface area contributed by atoms with Crippen LogP contribution in [0.1, 0.15) is 65.6 Å². The number of aryl methyl sites for hydroxylation is 2. The second-order valence-corrected chi connectivity index (χ2v) is 48.0. The number of rotatable bonds is 4. The molecule has 0 N–H and O–H groups in total. The number of halogens is 2. The van der Waals surface area contributed by atoms with Gasteiger partial charge in [0.05, 0.1) is 0 Å². The first-order valence-corrected chi connectivity index (χ1v) is 33.2. The van der Waals surface area contributed by atoms with E-state index in [-0.39, 0.29) is 24.8 Å². The van der Waals surface area contributed by atoms with Gasteiger partial charge in [-0.25, -0.2) is 0 Å². The minimum atomic E-state index is -3.94. The summed E-state index contributed by atoms with van der Waals surface area (Å²) >= 11 is -3.94. The molecule has 0 heterocycles. The number of benzene rings is 8. The van der Waals surface area contributed by atoms with Gasteiger partial charge in [0.2, 0.25) is 0 Å². The Bertz CT molecular complexity index is 2890. The summed E-state index contributed by atoms with van der Waals surface area (Å²) in [6.45, 7) is 12.0. The second-order valence-electron chi connectivity index (χ2n) is 17.6. The zero-order valence-electron chi connectivity index (χ0n) is 33.0. The van der Waals surface area contributed by atoms with Crippen molar-refractivity contribution in [3.05, 3.63) is 201 Å². The van der Waals surface area contributed by atoms with Gasteiger partial charge in [-0.1, -0.05) is 0 Å². The Morgan fingerprint density at radius 2 is 0.750 bits per heavy atom. The summed E-state index contributed by atoms with van der Waals surface area (Å²) in [5.41, 5.74) is 17.4. The number of fused-ring (bicyclic) bond motifs is 6. The Kier molecular flexibility index (Phi) is 9.57. The number of hydrogen-bond acceptors (Lipinski definition) is 0. The Morgan fingerprint density at radius 1 is 0.393 bits per heavy atom. The standard InChI is InChI=1S/2C25H19.2CH3.2ClH.H2Si.Zr/c2*1-16-10-11-21-13-17(2)25(24(21)12-16)22-9-5-8-20-14-18-6-3-4-7-19(18)15-23(20)22;;;;;;/h2*3-15H,1-2H3;2*1H3;2*1H;1H2;/q;;;;;;;+2/p-2. The van der Waals surface area contributed by atoms with Crippen LogP contribution >= 0.6 is 0 Å². The molecule has 10 rings (SSSR count). The van der Waals surface area contributed by atoms with Crippen molar-refractivity contribution in [2.24, 2.45) is 0 Å². The fourth-order valence-electron chi connectivity index (χ4n) is 11.2. The minimum absolute atomic E-state index is 0. The fraction of sp³-hybridized carbons (Fsp3) is 0.154. The molecule has 0 aromatic heterocycles. The summed E-state index contributed by atoms with van der Waals surface area (Å²) < 4.78 is 6.40. The maximum absolute atomic E-state index is 3.94. The third-order valence-corrected chi connectivity index (χ3v) is 31.0. The second kappa shape index (κ2) is 13.8. The van der Waals surface area contributed by atoms with E-state index in [2.05, 4.69) is 189 Å². The molecule has 2 aliphatic carbocycles. The van der Waals surface area contributed by atoms with Gasteiger partial charge in [-0.05, 0) is 0 Å². The molecule has 0 nitrogen and oxygen atoms in total. The molecule has 56 heavy (non-hydrogen) atoms. The van der Waals surface area contributed by atoms with Crippen LogP contribution in [0.25, 0.3) is 54.2 Å². The van der Waals surface area contributed by atoms with Gasteiger partial charge in [-0.3, -0.25) is 0 Å². The SMILES string of the molecule is CC1=C(c2cccc3cc4ccccc4cc23)c2cc(C)ccc2[CH]1[Zr+2]([CH3])([CH3])(=[SiH2])[CH]1C(C)=C(c2cccc3cc4ccccc4cc23)c2cc(C)ccc21.[Cl-].[Cl-]. The Morgan fingerprint density at radius 3 is 1.14 bits per heavy atom. The summed E-state index contributed by atoms with van der Waals surface area (Å²) in [7, 11) is 0. The van der Waals surface area contributed by atoms with Gasteiger partial charge >= 0.3 is 324 Å². The topological polar surface area (TPSA) is 0 Å². The van der Waals surface area contributed by atoms with Crippen molar-refractivity contribution in [1.82, 2.24) is 0 Å². The van der Waals surface area contributed by atoms with Crippen LogP contribution in [0.3, 0.4) is 0 Å². The maximum Gasteiger partial charge on any atom is -1.00 e. The first-order valence-electron chi connectivity index (χ1n) is 19.5. The van der Waals surface area contributed by atoms with E-state index in [1.54, 1.807) is 22.3 Å². The van der Waals surface area contributed by atoms with Crippen molar-refractivity contribution >= 4 is 61.1 Å². The van der Waals surface area contributed by atoms with Crippen LogP contribution in [0, 0.1) is 13.8 Å². The van der Waals surface area contributed by atoms with E-state index >= 15 is 0 Å². The molecule has 0 saturated heterocycles. The molecule has 2 aliphatic rings. The third kappa shape index (κ3) is 5.78. The summed E-state index contributed by atoms with van der Waals surface area (Å²) in [5.74, 6) is 0. The Balaban J connectivity index is 0.00000220. The summed E-state index contributed by atoms with van der Waals surface area (Å²) in [6.07, 6.45) is 0. The van der Waals surface area contributed by atoms with Crippen molar-refractivity contribution in [2.75, 3.05) is 0 Å². The van der Waals surface area contributed by atoms with E-state index in [1.807, 2.05) is 0 Å². The average Bonchev–Trinajstić information content (AvgIpc) is 3.62. The molecule has 2 unspecified atom stereocenters. The first-order chi connectivity index (χ1) is 26.0. The fourth-order valence-corrected chi connectivity index (χ4v) is 32.2. The molecule has 0 amide bonds. The van der Waals surface area contributed by atoms with Crippen molar-refractivity contribution in [3.8, 4) is 0 Å². The molecule has 8 aromatic carbocycles. The molecule has 8 aromatic rings. The summed E-state index contributed by atoms with van der Waals surface area (Å²) in [6, 6.07) is 55.9. The van der Waals surface area contributed by atoms with Gasteiger partial charge in [0, 0.05) is 0 Å². The molecule has 276 valence electrons. The Hall–Kier alpha value is -4.04. The molecule has 0 saturated carbocycles. The van der Waals surface area contributed by atoms with E-state index in [1.165, 1.54) is 87.6 Å². The first kappa shape index (κ1) is 38.8. The predicted molar refractivity (Wildman–Crippen MR) is 234 cm³/mol. The van der Waals surface area contributed by atoms with Crippen molar-refractivity contribution in [3.63, 3.8) is 0 Å². The van der Waals surface area contributed by atoms with E-state index in [4.69, 9.17) is 0 Å². The monoisotopic (exact) mass is 858 g/mol. The average molecular weight is 861 g/mol. The molecule has 0 bridgehead atoms. The van der Waals surface area contributed by atoms with E-state index in [0.29, 0.717) is 7.25 Å².